The summed E-state index contributed by atoms with van der Waals surface area (Å²) < 4.78 is 15.3. The summed E-state index contributed by atoms with van der Waals surface area (Å²) in [6.07, 6.45) is 0. The van der Waals surface area contributed by atoms with Crippen molar-refractivity contribution in [2.24, 2.45) is 0 Å². The summed E-state index contributed by atoms with van der Waals surface area (Å²) in [5.74, 6) is 1.14. The molecule has 0 fully saturated rings. The number of carbonyl (C=O) groups is 1. The molecular weight excluding hydrogens is 246 g/mol. The number of hydrogen-bond donors (Lipinski definition) is 1. The molecule has 0 bridgehead atoms. The third-order valence-electron chi connectivity index (χ3n) is 2.73. The van der Waals surface area contributed by atoms with Crippen LogP contribution in [0.2, 0.25) is 0 Å². The minimum absolute atomic E-state index is 0.196. The molecule has 5 nitrogen and oxygen atoms in total. The zero-order valence-electron chi connectivity index (χ0n) is 11.9. The lowest BCUT2D eigenvalue weighted by molar-refractivity contribution is -0.142. The summed E-state index contributed by atoms with van der Waals surface area (Å²) in [6, 6.07) is 3.83. The Kier molecular flexibility index (Phi) is 6.15. The normalized spacial score (nSPS) is 10.1. The van der Waals surface area contributed by atoms with Gasteiger partial charge in [-0.25, -0.2) is 0 Å². The SMILES string of the molecule is CCOC(=O)CNCc1cc(OC)c(OC)cc1C. The lowest BCUT2D eigenvalue weighted by atomic mass is 10.1. The predicted octanol–water partition coefficient (Wildman–Crippen LogP) is 1.66. The highest BCUT2D eigenvalue weighted by atomic mass is 16.5. The largest absolute Gasteiger partial charge is 0.493 e. The molecule has 0 atom stereocenters. The van der Waals surface area contributed by atoms with E-state index in [1.807, 2.05) is 19.1 Å². The molecule has 0 heterocycles. The molecule has 0 unspecified atom stereocenters. The number of nitrogens with one attached hydrogen (secondary N) is 1. The van der Waals surface area contributed by atoms with Gasteiger partial charge in [-0.15, -0.1) is 0 Å². The molecule has 1 N–H and O–H groups in total. The summed E-state index contributed by atoms with van der Waals surface area (Å²) >= 11 is 0. The molecule has 0 spiro atoms. The van der Waals surface area contributed by atoms with Gasteiger partial charge in [0.2, 0.25) is 0 Å². The van der Waals surface area contributed by atoms with E-state index in [-0.39, 0.29) is 12.5 Å². The summed E-state index contributed by atoms with van der Waals surface area (Å²) in [6.45, 7) is 4.95. The Balaban J connectivity index is 2.65. The smallest absolute Gasteiger partial charge is 0.319 e. The Hall–Kier alpha value is -1.75. The van der Waals surface area contributed by atoms with Crippen molar-refractivity contribution in [2.45, 2.75) is 20.4 Å². The number of esters is 1. The van der Waals surface area contributed by atoms with Crippen LogP contribution < -0.4 is 14.8 Å². The van der Waals surface area contributed by atoms with Gasteiger partial charge in [0.1, 0.15) is 0 Å². The summed E-state index contributed by atoms with van der Waals surface area (Å²) in [5.41, 5.74) is 2.14. The monoisotopic (exact) mass is 267 g/mol. The van der Waals surface area contributed by atoms with Gasteiger partial charge in [0.15, 0.2) is 11.5 Å². The summed E-state index contributed by atoms with van der Waals surface area (Å²) in [5, 5.41) is 3.04. The second kappa shape index (κ2) is 7.63. The van der Waals surface area contributed by atoms with Gasteiger partial charge in [-0.1, -0.05) is 0 Å². The van der Waals surface area contributed by atoms with Crippen molar-refractivity contribution in [1.29, 1.82) is 0 Å². The number of rotatable bonds is 7. The van der Waals surface area contributed by atoms with Gasteiger partial charge in [0, 0.05) is 6.54 Å². The van der Waals surface area contributed by atoms with Crippen molar-refractivity contribution < 1.29 is 19.0 Å². The second-order valence-corrected chi connectivity index (χ2v) is 4.04. The van der Waals surface area contributed by atoms with Crippen molar-refractivity contribution in [2.75, 3.05) is 27.4 Å². The molecule has 0 amide bonds. The number of carbonyl (C=O) groups excluding carboxylic acids is 1. The van der Waals surface area contributed by atoms with Crippen molar-refractivity contribution >= 4 is 5.97 Å². The van der Waals surface area contributed by atoms with Crippen LogP contribution in [0.3, 0.4) is 0 Å². The maximum absolute atomic E-state index is 11.2. The second-order valence-electron chi connectivity index (χ2n) is 4.04. The van der Waals surface area contributed by atoms with E-state index in [4.69, 9.17) is 14.2 Å². The molecular formula is C14H21NO4. The molecule has 0 saturated heterocycles. The Morgan fingerprint density at radius 1 is 1.21 bits per heavy atom. The number of benzene rings is 1. The van der Waals surface area contributed by atoms with E-state index < -0.39 is 0 Å². The van der Waals surface area contributed by atoms with E-state index in [0.717, 1.165) is 11.1 Å². The molecule has 19 heavy (non-hydrogen) atoms. The Bertz CT molecular complexity index is 432. The van der Waals surface area contributed by atoms with Gasteiger partial charge in [-0.3, -0.25) is 4.79 Å². The Morgan fingerprint density at radius 3 is 2.42 bits per heavy atom. The number of aryl methyl sites for hydroxylation is 1. The first-order valence-corrected chi connectivity index (χ1v) is 6.20. The fraction of sp³-hybridized carbons (Fsp3) is 0.500. The van der Waals surface area contributed by atoms with Crippen molar-refractivity contribution in [3.8, 4) is 11.5 Å². The van der Waals surface area contributed by atoms with Gasteiger partial charge in [0.05, 0.1) is 27.4 Å². The lowest BCUT2D eigenvalue weighted by Gasteiger charge is -2.13. The van der Waals surface area contributed by atoms with E-state index in [0.29, 0.717) is 24.7 Å². The fourth-order valence-electron chi connectivity index (χ4n) is 1.72. The van der Waals surface area contributed by atoms with E-state index >= 15 is 0 Å². The zero-order valence-corrected chi connectivity index (χ0v) is 11.9. The number of hydrogen-bond acceptors (Lipinski definition) is 5. The molecule has 106 valence electrons. The highest BCUT2D eigenvalue weighted by Gasteiger charge is 2.09. The average Bonchev–Trinajstić information content (AvgIpc) is 2.40. The van der Waals surface area contributed by atoms with E-state index in [2.05, 4.69) is 5.32 Å². The first-order chi connectivity index (χ1) is 9.12. The zero-order chi connectivity index (χ0) is 14.3. The van der Waals surface area contributed by atoms with Crippen molar-refractivity contribution in [3.05, 3.63) is 23.3 Å². The minimum atomic E-state index is -0.249. The lowest BCUT2D eigenvalue weighted by Crippen LogP contribution is -2.24. The van der Waals surface area contributed by atoms with Crippen molar-refractivity contribution in [1.82, 2.24) is 5.32 Å². The quantitative estimate of drug-likeness (QED) is 0.761. The topological polar surface area (TPSA) is 56.8 Å². The molecule has 0 aliphatic rings. The maximum atomic E-state index is 11.2. The molecule has 0 aliphatic heterocycles. The first kappa shape index (κ1) is 15.3. The number of ether oxygens (including phenoxy) is 3. The predicted molar refractivity (Wildman–Crippen MR) is 72.6 cm³/mol. The molecule has 0 radical (unpaired) electrons. The van der Waals surface area contributed by atoms with Gasteiger partial charge in [-0.2, -0.15) is 0 Å². The molecule has 1 rings (SSSR count). The Labute approximate surface area is 113 Å². The van der Waals surface area contributed by atoms with E-state index in [9.17, 15) is 4.79 Å². The van der Waals surface area contributed by atoms with Gasteiger partial charge < -0.3 is 19.5 Å². The van der Waals surface area contributed by atoms with Crippen LogP contribution >= 0.6 is 0 Å². The standard InChI is InChI=1S/C14H21NO4/c1-5-19-14(16)9-15-8-11-7-13(18-4)12(17-3)6-10(11)2/h6-7,15H,5,8-9H2,1-4H3. The van der Waals surface area contributed by atoms with Gasteiger partial charge in [0.25, 0.3) is 0 Å². The van der Waals surface area contributed by atoms with Crippen LogP contribution in [0, 0.1) is 6.92 Å². The van der Waals surface area contributed by atoms with Crippen LogP contribution in [-0.4, -0.2) is 33.3 Å². The van der Waals surface area contributed by atoms with Crippen LogP contribution in [0.15, 0.2) is 12.1 Å². The number of methoxy groups -OCH3 is 2. The van der Waals surface area contributed by atoms with Crippen LogP contribution in [0.1, 0.15) is 18.1 Å². The molecule has 0 saturated carbocycles. The van der Waals surface area contributed by atoms with Crippen molar-refractivity contribution in [3.63, 3.8) is 0 Å². The van der Waals surface area contributed by atoms with E-state index in [1.165, 1.54) is 0 Å². The molecule has 0 aromatic heterocycles. The maximum Gasteiger partial charge on any atom is 0.319 e. The summed E-state index contributed by atoms with van der Waals surface area (Å²) in [7, 11) is 3.21. The molecule has 0 aliphatic carbocycles. The molecule has 1 aromatic carbocycles. The van der Waals surface area contributed by atoms with Crippen LogP contribution in [0.25, 0.3) is 0 Å². The van der Waals surface area contributed by atoms with E-state index in [1.54, 1.807) is 21.1 Å². The highest BCUT2D eigenvalue weighted by molar-refractivity contribution is 5.71. The first-order valence-electron chi connectivity index (χ1n) is 6.20. The molecule has 1 aromatic rings. The van der Waals surface area contributed by atoms with Crippen LogP contribution in [-0.2, 0) is 16.1 Å². The highest BCUT2D eigenvalue weighted by Crippen LogP contribution is 2.30. The fourth-order valence-corrected chi connectivity index (χ4v) is 1.72. The third kappa shape index (κ3) is 4.44. The van der Waals surface area contributed by atoms with Crippen LogP contribution in [0.4, 0.5) is 0 Å². The Morgan fingerprint density at radius 2 is 1.84 bits per heavy atom. The molecule has 5 heteroatoms. The van der Waals surface area contributed by atoms with Crippen LogP contribution in [0.5, 0.6) is 11.5 Å². The van der Waals surface area contributed by atoms with Gasteiger partial charge >= 0.3 is 5.97 Å². The third-order valence-corrected chi connectivity index (χ3v) is 2.73. The van der Waals surface area contributed by atoms with Gasteiger partial charge in [-0.05, 0) is 37.1 Å². The average molecular weight is 267 g/mol. The minimum Gasteiger partial charge on any atom is -0.493 e. The summed E-state index contributed by atoms with van der Waals surface area (Å²) in [4.78, 5) is 11.2.